The second-order valence-electron chi connectivity index (χ2n) is 4.04. The molecule has 3 N–H and O–H groups in total. The van der Waals surface area contributed by atoms with Crippen molar-refractivity contribution in [2.45, 2.75) is 45.2 Å². The van der Waals surface area contributed by atoms with Crippen molar-refractivity contribution in [2.24, 2.45) is 5.73 Å². The fourth-order valence-corrected chi connectivity index (χ4v) is 0.967. The third-order valence-corrected chi connectivity index (χ3v) is 1.45. The molecule has 74 valence electrons. The highest BCUT2D eigenvalue weighted by Crippen LogP contribution is 2.03. The Morgan fingerprint density at radius 3 is 2.62 bits per heavy atom. The van der Waals surface area contributed by atoms with Crippen LogP contribution in [0.5, 0.6) is 0 Å². The molecule has 1 unspecified atom stereocenters. The number of terminal acetylenes is 1. The van der Waals surface area contributed by atoms with Crippen LogP contribution in [-0.4, -0.2) is 17.5 Å². The second-order valence-corrected chi connectivity index (χ2v) is 4.04. The van der Waals surface area contributed by atoms with Gasteiger partial charge >= 0.3 is 0 Å². The fourth-order valence-electron chi connectivity index (χ4n) is 0.967. The van der Waals surface area contributed by atoms with Gasteiger partial charge in [-0.15, -0.1) is 12.3 Å². The maximum atomic E-state index is 11.3. The summed E-state index contributed by atoms with van der Waals surface area (Å²) in [5.74, 6) is 2.44. The van der Waals surface area contributed by atoms with Crippen LogP contribution in [0.1, 0.15) is 33.6 Å². The molecular formula is C10H18N2O. The van der Waals surface area contributed by atoms with Crippen LogP contribution >= 0.6 is 0 Å². The molecule has 0 aromatic heterocycles. The van der Waals surface area contributed by atoms with E-state index in [1.165, 1.54) is 0 Å². The van der Waals surface area contributed by atoms with E-state index in [1.54, 1.807) is 0 Å². The average molecular weight is 182 g/mol. The van der Waals surface area contributed by atoms with Gasteiger partial charge in [-0.25, -0.2) is 0 Å². The van der Waals surface area contributed by atoms with E-state index in [0.29, 0.717) is 12.8 Å². The van der Waals surface area contributed by atoms with E-state index >= 15 is 0 Å². The molecule has 1 atom stereocenters. The van der Waals surface area contributed by atoms with E-state index in [9.17, 15) is 4.79 Å². The van der Waals surface area contributed by atoms with Crippen LogP contribution in [0, 0.1) is 12.3 Å². The number of carbonyl (C=O) groups excluding carboxylic acids is 1. The highest BCUT2D eigenvalue weighted by molar-refractivity contribution is 5.77. The molecule has 0 aliphatic heterocycles. The molecule has 0 saturated heterocycles. The van der Waals surface area contributed by atoms with Crippen molar-refractivity contribution in [1.82, 2.24) is 5.32 Å². The highest BCUT2D eigenvalue weighted by Gasteiger charge is 2.17. The van der Waals surface area contributed by atoms with Gasteiger partial charge < -0.3 is 11.1 Å². The Hall–Kier alpha value is -1.01. The molecule has 0 radical (unpaired) electrons. The number of rotatable bonds is 4. The number of hydrogen-bond donors (Lipinski definition) is 2. The van der Waals surface area contributed by atoms with Gasteiger partial charge in [0.25, 0.3) is 0 Å². The number of nitrogens with one attached hydrogen (secondary N) is 1. The van der Waals surface area contributed by atoms with Crippen molar-refractivity contribution in [1.29, 1.82) is 0 Å². The molecule has 3 nitrogen and oxygen atoms in total. The highest BCUT2D eigenvalue weighted by atomic mass is 16.1. The lowest BCUT2D eigenvalue weighted by atomic mass is 10.0. The van der Waals surface area contributed by atoms with Crippen LogP contribution in [0.15, 0.2) is 0 Å². The molecule has 0 fully saturated rings. The minimum absolute atomic E-state index is 0.0276. The molecule has 3 heteroatoms. The van der Waals surface area contributed by atoms with E-state index in [0.717, 1.165) is 0 Å². The SMILES string of the molecule is C#CCC(C)NC(=O)CC(C)(C)N. The predicted molar refractivity (Wildman–Crippen MR) is 53.9 cm³/mol. The summed E-state index contributed by atoms with van der Waals surface area (Å²) in [6, 6.07) is 0.0276. The van der Waals surface area contributed by atoms with E-state index in [2.05, 4.69) is 11.2 Å². The monoisotopic (exact) mass is 182 g/mol. The van der Waals surface area contributed by atoms with Gasteiger partial charge in [-0.2, -0.15) is 0 Å². The summed E-state index contributed by atoms with van der Waals surface area (Å²) in [5.41, 5.74) is 5.23. The predicted octanol–water partition coefficient (Wildman–Crippen LogP) is 0.642. The zero-order chi connectivity index (χ0) is 10.5. The van der Waals surface area contributed by atoms with Crippen molar-refractivity contribution < 1.29 is 4.79 Å². The second kappa shape index (κ2) is 4.88. The van der Waals surface area contributed by atoms with Gasteiger partial charge in [0.1, 0.15) is 0 Å². The largest absolute Gasteiger partial charge is 0.353 e. The van der Waals surface area contributed by atoms with Crippen LogP contribution < -0.4 is 11.1 Å². The van der Waals surface area contributed by atoms with Crippen molar-refractivity contribution in [3.05, 3.63) is 0 Å². The van der Waals surface area contributed by atoms with Gasteiger partial charge in [-0.3, -0.25) is 4.79 Å². The molecular weight excluding hydrogens is 164 g/mol. The molecule has 0 saturated carbocycles. The van der Waals surface area contributed by atoms with Crippen molar-refractivity contribution in [2.75, 3.05) is 0 Å². The lowest BCUT2D eigenvalue weighted by Crippen LogP contribution is -2.41. The van der Waals surface area contributed by atoms with E-state index in [-0.39, 0.29) is 11.9 Å². The van der Waals surface area contributed by atoms with Gasteiger partial charge in [0.05, 0.1) is 0 Å². The van der Waals surface area contributed by atoms with Crippen LogP contribution in [0.2, 0.25) is 0 Å². The number of hydrogen-bond acceptors (Lipinski definition) is 2. The minimum Gasteiger partial charge on any atom is -0.353 e. The van der Waals surface area contributed by atoms with Crippen LogP contribution in [0.4, 0.5) is 0 Å². The number of carbonyl (C=O) groups is 1. The topological polar surface area (TPSA) is 55.1 Å². The normalized spacial score (nSPS) is 13.2. The summed E-state index contributed by atoms with van der Waals surface area (Å²) >= 11 is 0. The van der Waals surface area contributed by atoms with E-state index in [1.807, 2.05) is 20.8 Å². The van der Waals surface area contributed by atoms with Gasteiger partial charge in [0.2, 0.25) is 5.91 Å². The van der Waals surface area contributed by atoms with Gasteiger partial charge in [-0.1, -0.05) is 0 Å². The maximum absolute atomic E-state index is 11.3. The number of amides is 1. The smallest absolute Gasteiger partial charge is 0.222 e. The van der Waals surface area contributed by atoms with E-state index < -0.39 is 5.54 Å². The molecule has 0 aliphatic rings. The minimum atomic E-state index is -0.458. The molecule has 0 bridgehead atoms. The maximum Gasteiger partial charge on any atom is 0.222 e. The molecule has 0 aromatic rings. The first-order valence-electron chi connectivity index (χ1n) is 4.37. The van der Waals surface area contributed by atoms with Gasteiger partial charge in [-0.05, 0) is 20.8 Å². The Kier molecular flexibility index (Phi) is 4.50. The van der Waals surface area contributed by atoms with E-state index in [4.69, 9.17) is 12.2 Å². The summed E-state index contributed by atoms with van der Waals surface area (Å²) in [7, 11) is 0. The molecule has 0 rings (SSSR count). The fraction of sp³-hybridized carbons (Fsp3) is 0.700. The summed E-state index contributed by atoms with van der Waals surface area (Å²) in [6.07, 6.45) is 5.98. The molecule has 0 heterocycles. The van der Waals surface area contributed by atoms with Crippen LogP contribution in [0.3, 0.4) is 0 Å². The lowest BCUT2D eigenvalue weighted by Gasteiger charge is -2.19. The molecule has 1 amide bonds. The Balaban J connectivity index is 3.83. The summed E-state index contributed by atoms with van der Waals surface area (Å²) in [5, 5.41) is 2.78. The summed E-state index contributed by atoms with van der Waals surface area (Å²) < 4.78 is 0. The first-order chi connectivity index (χ1) is 5.85. The van der Waals surface area contributed by atoms with Crippen LogP contribution in [-0.2, 0) is 4.79 Å². The molecule has 13 heavy (non-hydrogen) atoms. The first-order valence-corrected chi connectivity index (χ1v) is 4.37. The van der Waals surface area contributed by atoms with Crippen LogP contribution in [0.25, 0.3) is 0 Å². The lowest BCUT2D eigenvalue weighted by molar-refractivity contribution is -0.122. The number of nitrogens with two attached hydrogens (primary N) is 1. The average Bonchev–Trinajstić information content (AvgIpc) is 1.81. The van der Waals surface area contributed by atoms with Crippen molar-refractivity contribution in [3.63, 3.8) is 0 Å². The first kappa shape index (κ1) is 12.0. The zero-order valence-electron chi connectivity index (χ0n) is 8.55. The van der Waals surface area contributed by atoms with Crippen molar-refractivity contribution >= 4 is 5.91 Å². The Labute approximate surface area is 80.1 Å². The Morgan fingerprint density at radius 2 is 2.23 bits per heavy atom. The third kappa shape index (κ3) is 7.35. The standard InChI is InChI=1S/C10H18N2O/c1-5-6-8(2)12-9(13)7-10(3,4)11/h1,8H,6-7,11H2,2-4H3,(H,12,13). The summed E-state index contributed by atoms with van der Waals surface area (Å²) in [6.45, 7) is 5.51. The Morgan fingerprint density at radius 1 is 1.69 bits per heavy atom. The quantitative estimate of drug-likeness (QED) is 0.627. The molecule has 0 aromatic carbocycles. The molecule has 0 spiro atoms. The third-order valence-electron chi connectivity index (χ3n) is 1.45. The van der Waals surface area contributed by atoms with Gasteiger partial charge in [0, 0.05) is 24.4 Å². The Bertz CT molecular complexity index is 210. The molecule has 0 aliphatic carbocycles. The summed E-state index contributed by atoms with van der Waals surface area (Å²) in [4.78, 5) is 11.3. The van der Waals surface area contributed by atoms with Gasteiger partial charge in [0.15, 0.2) is 0 Å². The zero-order valence-corrected chi connectivity index (χ0v) is 8.55. The van der Waals surface area contributed by atoms with Crippen molar-refractivity contribution in [3.8, 4) is 12.3 Å².